The van der Waals surface area contributed by atoms with Gasteiger partial charge in [-0.25, -0.2) is 4.98 Å². The van der Waals surface area contributed by atoms with E-state index in [1.54, 1.807) is 11.3 Å². The van der Waals surface area contributed by atoms with Crippen molar-refractivity contribution in [1.29, 1.82) is 0 Å². The average molecular weight is 318 g/mol. The van der Waals surface area contributed by atoms with E-state index in [1.165, 1.54) is 29.1 Å². The summed E-state index contributed by atoms with van der Waals surface area (Å²) in [6, 6.07) is 0. The maximum absolute atomic E-state index is 5.96. The first kappa shape index (κ1) is 14.4. The van der Waals surface area contributed by atoms with Crippen molar-refractivity contribution in [2.45, 2.75) is 31.8 Å². The monoisotopic (exact) mass is 318 g/mol. The van der Waals surface area contributed by atoms with Gasteiger partial charge in [-0.05, 0) is 18.8 Å². The summed E-state index contributed by atoms with van der Waals surface area (Å²) in [6.07, 6.45) is 6.72. The normalized spacial score (nSPS) is 22.0. The molecule has 1 atom stereocenters. The van der Waals surface area contributed by atoms with E-state index in [-0.39, 0.29) is 0 Å². The molecule has 0 N–H and O–H groups in total. The Morgan fingerprint density at radius 1 is 1.36 bits per heavy atom. The van der Waals surface area contributed by atoms with Gasteiger partial charge in [-0.1, -0.05) is 0 Å². The number of aromatic nitrogens is 3. The number of fused-ring (bicyclic) bond motifs is 1. The minimum atomic E-state index is 0.378. The highest BCUT2D eigenvalue weighted by atomic mass is 32.1. The lowest BCUT2D eigenvalue weighted by atomic mass is 9.97. The van der Waals surface area contributed by atoms with Crippen LogP contribution in [0.15, 0.2) is 17.8 Å². The van der Waals surface area contributed by atoms with Crippen LogP contribution in [0.25, 0.3) is 0 Å². The Labute approximate surface area is 134 Å². The molecule has 5 nitrogen and oxygen atoms in total. The molecule has 1 saturated carbocycles. The third-order valence-corrected chi connectivity index (χ3v) is 5.17. The van der Waals surface area contributed by atoms with Gasteiger partial charge in [0.1, 0.15) is 5.01 Å². The maximum Gasteiger partial charge on any atom is 0.107 e. The van der Waals surface area contributed by atoms with Gasteiger partial charge in [0.05, 0.1) is 18.8 Å². The first-order valence-electron chi connectivity index (χ1n) is 7.99. The summed E-state index contributed by atoms with van der Waals surface area (Å²) in [4.78, 5) is 6.88. The molecule has 3 heterocycles. The third-order valence-electron chi connectivity index (χ3n) is 4.41. The number of ether oxygens (including phenoxy) is 1. The summed E-state index contributed by atoms with van der Waals surface area (Å²) in [5.74, 6) is 1.20. The van der Waals surface area contributed by atoms with E-state index < -0.39 is 0 Å². The summed E-state index contributed by atoms with van der Waals surface area (Å²) < 4.78 is 7.89. The van der Waals surface area contributed by atoms with Crippen LogP contribution in [0.1, 0.15) is 35.0 Å². The second kappa shape index (κ2) is 6.10. The number of aryl methyl sites for hydroxylation is 1. The van der Waals surface area contributed by atoms with Crippen molar-refractivity contribution in [2.75, 3.05) is 19.8 Å². The van der Waals surface area contributed by atoms with Crippen LogP contribution < -0.4 is 0 Å². The molecule has 1 fully saturated rings. The van der Waals surface area contributed by atoms with Crippen molar-refractivity contribution in [3.05, 3.63) is 34.0 Å². The van der Waals surface area contributed by atoms with Gasteiger partial charge in [0, 0.05) is 56.0 Å². The molecule has 0 saturated heterocycles. The lowest BCUT2D eigenvalue weighted by Crippen LogP contribution is -2.35. The lowest BCUT2D eigenvalue weighted by molar-refractivity contribution is 0.0881. The Hall–Kier alpha value is -1.24. The minimum absolute atomic E-state index is 0.378. The van der Waals surface area contributed by atoms with Crippen LogP contribution in [-0.4, -0.2) is 39.4 Å². The SMILES string of the molecule is Cn1cc2c(n1)[C@@H](COCC1CC1)CN(Cc1nccs1)C2. The topological polar surface area (TPSA) is 43.2 Å². The Balaban J connectivity index is 1.45. The summed E-state index contributed by atoms with van der Waals surface area (Å²) in [7, 11) is 2.01. The molecule has 0 unspecified atom stereocenters. The molecular weight excluding hydrogens is 296 g/mol. The highest BCUT2D eigenvalue weighted by molar-refractivity contribution is 7.09. The van der Waals surface area contributed by atoms with E-state index in [2.05, 4.69) is 21.2 Å². The smallest absolute Gasteiger partial charge is 0.107 e. The summed E-state index contributed by atoms with van der Waals surface area (Å²) >= 11 is 1.73. The molecule has 0 bridgehead atoms. The van der Waals surface area contributed by atoms with Crippen LogP contribution in [-0.2, 0) is 24.9 Å². The van der Waals surface area contributed by atoms with Crippen LogP contribution in [0.5, 0.6) is 0 Å². The number of rotatable bonds is 6. The van der Waals surface area contributed by atoms with Gasteiger partial charge < -0.3 is 4.74 Å². The summed E-state index contributed by atoms with van der Waals surface area (Å²) in [5, 5.41) is 7.91. The van der Waals surface area contributed by atoms with Crippen molar-refractivity contribution in [1.82, 2.24) is 19.7 Å². The Morgan fingerprint density at radius 2 is 2.27 bits per heavy atom. The van der Waals surface area contributed by atoms with Gasteiger partial charge in [0.2, 0.25) is 0 Å². The fraction of sp³-hybridized carbons (Fsp3) is 0.625. The molecule has 22 heavy (non-hydrogen) atoms. The molecule has 0 aromatic carbocycles. The van der Waals surface area contributed by atoms with Crippen molar-refractivity contribution >= 4 is 11.3 Å². The largest absolute Gasteiger partial charge is 0.380 e. The van der Waals surface area contributed by atoms with E-state index in [9.17, 15) is 0 Å². The zero-order valence-corrected chi connectivity index (χ0v) is 13.8. The standard InChI is InChI=1S/C16H22N4OS/c1-19-6-13-7-20(9-15-17-4-5-22-15)8-14(16(13)18-19)11-21-10-12-2-3-12/h4-6,12,14H,2-3,7-11H2,1H3/t14-/m1/s1. The molecule has 6 heteroatoms. The number of nitrogens with zero attached hydrogens (tertiary/aromatic N) is 4. The van der Waals surface area contributed by atoms with Crippen molar-refractivity contribution in [3.63, 3.8) is 0 Å². The third kappa shape index (κ3) is 3.24. The number of thiazole rings is 1. The van der Waals surface area contributed by atoms with Crippen LogP contribution in [0.2, 0.25) is 0 Å². The maximum atomic E-state index is 5.96. The zero-order valence-electron chi connectivity index (χ0n) is 12.9. The zero-order chi connectivity index (χ0) is 14.9. The molecular formula is C16H22N4OS. The number of hydrogen-bond donors (Lipinski definition) is 0. The van der Waals surface area contributed by atoms with E-state index in [1.807, 2.05) is 23.3 Å². The van der Waals surface area contributed by atoms with Gasteiger partial charge in [-0.3, -0.25) is 9.58 Å². The van der Waals surface area contributed by atoms with Crippen molar-refractivity contribution in [3.8, 4) is 0 Å². The van der Waals surface area contributed by atoms with E-state index in [0.717, 1.165) is 38.8 Å². The van der Waals surface area contributed by atoms with Gasteiger partial charge in [-0.15, -0.1) is 11.3 Å². The van der Waals surface area contributed by atoms with E-state index >= 15 is 0 Å². The lowest BCUT2D eigenvalue weighted by Gasteiger charge is -2.31. The molecule has 118 valence electrons. The predicted octanol–water partition coefficient (Wildman–Crippen LogP) is 2.40. The fourth-order valence-electron chi connectivity index (χ4n) is 3.16. The Kier molecular flexibility index (Phi) is 3.98. The molecule has 1 aliphatic carbocycles. The first-order chi connectivity index (χ1) is 10.8. The van der Waals surface area contributed by atoms with Crippen LogP contribution >= 0.6 is 11.3 Å². The molecule has 0 spiro atoms. The van der Waals surface area contributed by atoms with Crippen LogP contribution in [0, 0.1) is 5.92 Å². The molecule has 4 rings (SSSR count). The van der Waals surface area contributed by atoms with Crippen LogP contribution in [0.3, 0.4) is 0 Å². The highest BCUT2D eigenvalue weighted by Gasteiger charge is 2.29. The molecule has 2 aromatic rings. The Bertz CT molecular complexity index is 620. The molecule has 0 amide bonds. The number of hydrogen-bond acceptors (Lipinski definition) is 5. The van der Waals surface area contributed by atoms with Gasteiger partial charge in [-0.2, -0.15) is 5.10 Å². The quantitative estimate of drug-likeness (QED) is 0.820. The predicted molar refractivity (Wildman–Crippen MR) is 85.7 cm³/mol. The van der Waals surface area contributed by atoms with E-state index in [4.69, 9.17) is 4.74 Å². The molecule has 0 radical (unpaired) electrons. The molecule has 2 aromatic heterocycles. The van der Waals surface area contributed by atoms with E-state index in [0.29, 0.717) is 5.92 Å². The summed E-state index contributed by atoms with van der Waals surface area (Å²) in [5.41, 5.74) is 2.57. The van der Waals surface area contributed by atoms with Crippen LogP contribution in [0.4, 0.5) is 0 Å². The second-order valence-electron chi connectivity index (χ2n) is 6.49. The van der Waals surface area contributed by atoms with Gasteiger partial charge in [0.25, 0.3) is 0 Å². The molecule has 2 aliphatic rings. The second-order valence-corrected chi connectivity index (χ2v) is 7.47. The minimum Gasteiger partial charge on any atom is -0.380 e. The van der Waals surface area contributed by atoms with Crippen molar-refractivity contribution in [2.24, 2.45) is 13.0 Å². The van der Waals surface area contributed by atoms with Gasteiger partial charge in [0.15, 0.2) is 0 Å². The average Bonchev–Trinajstić information content (AvgIpc) is 3.02. The van der Waals surface area contributed by atoms with Crippen molar-refractivity contribution < 1.29 is 4.74 Å². The first-order valence-corrected chi connectivity index (χ1v) is 8.87. The highest BCUT2D eigenvalue weighted by Crippen LogP contribution is 2.31. The van der Waals surface area contributed by atoms with Gasteiger partial charge >= 0.3 is 0 Å². The fourth-order valence-corrected chi connectivity index (χ4v) is 3.82. The summed E-state index contributed by atoms with van der Waals surface area (Å²) in [6.45, 7) is 4.60. The Morgan fingerprint density at radius 3 is 3.05 bits per heavy atom. The molecule has 1 aliphatic heterocycles.